The zero-order chi connectivity index (χ0) is 29.9. The number of nitrogens with one attached hydrogen (secondary N) is 2. The van der Waals surface area contributed by atoms with E-state index in [4.69, 9.17) is 23.7 Å². The van der Waals surface area contributed by atoms with Gasteiger partial charge in [-0.25, -0.2) is 14.4 Å². The van der Waals surface area contributed by atoms with Gasteiger partial charge in [0.2, 0.25) is 0 Å². The SMILES string of the molecule is C=C(C)C(=O)OCCNC(=O)OCCOCC1(C)CC2CC(C1)C1CC(C)(COCCOC(=O)NCCC)CCC21. The lowest BCUT2D eigenvalue weighted by atomic mass is 9.65. The number of hydrogen-bond donors (Lipinski definition) is 2. The highest BCUT2D eigenvalue weighted by atomic mass is 16.6. The van der Waals surface area contributed by atoms with Crippen LogP contribution in [0.2, 0.25) is 0 Å². The maximum absolute atomic E-state index is 11.8. The Morgan fingerprint density at radius 2 is 1.37 bits per heavy atom. The van der Waals surface area contributed by atoms with Gasteiger partial charge in [-0.15, -0.1) is 0 Å². The Morgan fingerprint density at radius 1 is 0.780 bits per heavy atom. The largest absolute Gasteiger partial charge is 0.460 e. The van der Waals surface area contributed by atoms with Crippen LogP contribution in [0.4, 0.5) is 9.59 Å². The van der Waals surface area contributed by atoms with Crippen molar-refractivity contribution in [1.29, 1.82) is 0 Å². The van der Waals surface area contributed by atoms with Crippen molar-refractivity contribution in [1.82, 2.24) is 10.6 Å². The molecule has 10 heteroatoms. The van der Waals surface area contributed by atoms with Gasteiger partial charge in [-0.2, -0.15) is 0 Å². The number of ether oxygens (including phenoxy) is 5. The first-order chi connectivity index (χ1) is 19.5. The van der Waals surface area contributed by atoms with Gasteiger partial charge in [0.05, 0.1) is 33.0 Å². The minimum atomic E-state index is -0.553. The molecule has 3 fully saturated rings. The predicted octanol–water partition coefficient (Wildman–Crippen LogP) is 4.86. The van der Waals surface area contributed by atoms with Gasteiger partial charge in [0.15, 0.2) is 0 Å². The fourth-order valence-electron chi connectivity index (χ4n) is 7.23. The average Bonchev–Trinajstić information content (AvgIpc) is 3.18. The maximum Gasteiger partial charge on any atom is 0.407 e. The van der Waals surface area contributed by atoms with Crippen LogP contribution in [0, 0.1) is 34.5 Å². The fourth-order valence-corrected chi connectivity index (χ4v) is 7.23. The lowest BCUT2D eigenvalue weighted by molar-refractivity contribution is -0.138. The molecule has 0 aromatic rings. The Morgan fingerprint density at radius 3 is 1.98 bits per heavy atom. The van der Waals surface area contributed by atoms with Crippen LogP contribution < -0.4 is 10.6 Å². The molecule has 3 saturated carbocycles. The van der Waals surface area contributed by atoms with Gasteiger partial charge in [-0.1, -0.05) is 27.4 Å². The lowest BCUT2D eigenvalue weighted by Gasteiger charge is -2.42. The molecule has 3 aliphatic rings. The van der Waals surface area contributed by atoms with Crippen molar-refractivity contribution in [3.63, 3.8) is 0 Å². The molecule has 41 heavy (non-hydrogen) atoms. The van der Waals surface area contributed by atoms with Crippen molar-refractivity contribution in [3.8, 4) is 0 Å². The van der Waals surface area contributed by atoms with Crippen LogP contribution in [-0.2, 0) is 28.5 Å². The number of carbonyl (C=O) groups excluding carboxylic acids is 3. The molecule has 0 heterocycles. The third kappa shape index (κ3) is 10.5. The van der Waals surface area contributed by atoms with Gasteiger partial charge in [0.1, 0.15) is 19.8 Å². The Labute approximate surface area is 245 Å². The van der Waals surface area contributed by atoms with Crippen molar-refractivity contribution in [2.24, 2.45) is 34.5 Å². The van der Waals surface area contributed by atoms with Crippen LogP contribution in [0.1, 0.15) is 72.6 Å². The van der Waals surface area contributed by atoms with Crippen molar-refractivity contribution >= 4 is 18.2 Å². The van der Waals surface area contributed by atoms with Gasteiger partial charge in [0.25, 0.3) is 0 Å². The number of hydrogen-bond acceptors (Lipinski definition) is 8. The van der Waals surface area contributed by atoms with E-state index in [-0.39, 0.29) is 43.3 Å². The Hall–Kier alpha value is -2.33. The van der Waals surface area contributed by atoms with Crippen molar-refractivity contribution < 1.29 is 38.1 Å². The van der Waals surface area contributed by atoms with E-state index in [0.717, 1.165) is 30.1 Å². The smallest absolute Gasteiger partial charge is 0.407 e. The van der Waals surface area contributed by atoms with Crippen molar-refractivity contribution in [2.75, 3.05) is 59.3 Å². The second-order valence-electron chi connectivity index (χ2n) is 13.0. The van der Waals surface area contributed by atoms with Crippen LogP contribution >= 0.6 is 0 Å². The summed E-state index contributed by atoms with van der Waals surface area (Å²) in [6, 6.07) is 0. The standard InChI is InChI=1S/C31H52N2O8/c1-6-9-32-28(35)40-14-12-37-20-30(4)8-7-25-23-16-24(26(25)19-30)18-31(5,17-23)21-38-13-15-41-29(36)33-10-11-39-27(34)22(2)3/h23-26H,2,6-21H2,1,3-5H3,(H,32,35)(H,33,36). The molecule has 6 atom stereocenters. The van der Waals surface area contributed by atoms with Gasteiger partial charge in [-0.3, -0.25) is 0 Å². The van der Waals surface area contributed by atoms with Gasteiger partial charge >= 0.3 is 18.2 Å². The quantitative estimate of drug-likeness (QED) is 0.115. The third-order valence-corrected chi connectivity index (χ3v) is 8.98. The van der Waals surface area contributed by atoms with E-state index in [9.17, 15) is 14.4 Å². The van der Waals surface area contributed by atoms with Crippen molar-refractivity contribution in [2.45, 2.75) is 72.6 Å². The molecule has 0 aromatic carbocycles. The molecule has 3 aliphatic carbocycles. The molecule has 10 nitrogen and oxygen atoms in total. The number of amides is 2. The Balaban J connectivity index is 1.31. The monoisotopic (exact) mass is 580 g/mol. The maximum atomic E-state index is 11.8. The molecule has 2 N–H and O–H groups in total. The predicted molar refractivity (Wildman–Crippen MR) is 154 cm³/mol. The van der Waals surface area contributed by atoms with Crippen LogP contribution in [0.3, 0.4) is 0 Å². The lowest BCUT2D eigenvalue weighted by Crippen LogP contribution is -2.36. The Bertz CT molecular complexity index is 897. The van der Waals surface area contributed by atoms with E-state index in [1.165, 1.54) is 38.5 Å². The molecule has 0 aliphatic heterocycles. The van der Waals surface area contributed by atoms with Crippen molar-refractivity contribution in [3.05, 3.63) is 12.2 Å². The number of fused-ring (bicyclic) bond motifs is 5. The van der Waals surface area contributed by atoms with Gasteiger partial charge in [0, 0.05) is 12.1 Å². The fraction of sp³-hybridized carbons (Fsp3) is 0.839. The van der Waals surface area contributed by atoms with Crippen LogP contribution in [0.15, 0.2) is 12.2 Å². The minimum Gasteiger partial charge on any atom is -0.460 e. The molecule has 0 aromatic heterocycles. The van der Waals surface area contributed by atoms with Crippen LogP contribution in [0.25, 0.3) is 0 Å². The molecule has 234 valence electrons. The third-order valence-electron chi connectivity index (χ3n) is 8.98. The summed E-state index contributed by atoms with van der Waals surface area (Å²) in [5.41, 5.74) is 0.628. The topological polar surface area (TPSA) is 121 Å². The minimum absolute atomic E-state index is 0.0698. The molecule has 2 bridgehead atoms. The van der Waals surface area contributed by atoms with E-state index in [1.807, 2.05) is 6.92 Å². The summed E-state index contributed by atoms with van der Waals surface area (Å²) in [7, 11) is 0. The Kier molecular flexibility index (Phi) is 12.8. The molecule has 0 radical (unpaired) electrons. The zero-order valence-electron chi connectivity index (χ0n) is 25.6. The van der Waals surface area contributed by atoms with E-state index < -0.39 is 12.1 Å². The van der Waals surface area contributed by atoms with Gasteiger partial charge in [-0.05, 0) is 86.4 Å². The van der Waals surface area contributed by atoms with E-state index >= 15 is 0 Å². The van der Waals surface area contributed by atoms with Crippen LogP contribution in [0.5, 0.6) is 0 Å². The first kappa shape index (κ1) is 33.2. The highest BCUT2D eigenvalue weighted by molar-refractivity contribution is 5.86. The molecule has 0 spiro atoms. The highest BCUT2D eigenvalue weighted by Crippen LogP contribution is 2.62. The summed E-state index contributed by atoms with van der Waals surface area (Å²) in [5.74, 6) is 2.53. The summed E-state index contributed by atoms with van der Waals surface area (Å²) in [4.78, 5) is 34.7. The molecule has 0 saturated heterocycles. The summed E-state index contributed by atoms with van der Waals surface area (Å²) >= 11 is 0. The number of carbonyl (C=O) groups is 3. The summed E-state index contributed by atoms with van der Waals surface area (Å²) in [6.45, 7) is 15.3. The average molecular weight is 581 g/mol. The highest BCUT2D eigenvalue weighted by Gasteiger charge is 2.54. The summed E-state index contributed by atoms with van der Waals surface area (Å²) in [5, 5.41) is 5.26. The molecular weight excluding hydrogens is 528 g/mol. The van der Waals surface area contributed by atoms with E-state index in [0.29, 0.717) is 38.5 Å². The molecular formula is C31H52N2O8. The summed E-state index contributed by atoms with van der Waals surface area (Å²) in [6.07, 6.45) is 7.29. The summed E-state index contributed by atoms with van der Waals surface area (Å²) < 4.78 is 27.3. The zero-order valence-corrected chi connectivity index (χ0v) is 25.6. The second kappa shape index (κ2) is 15.8. The van der Waals surface area contributed by atoms with Gasteiger partial charge < -0.3 is 34.3 Å². The second-order valence-corrected chi connectivity index (χ2v) is 13.0. The number of esters is 1. The normalized spacial score (nSPS) is 30.1. The first-order valence-electron chi connectivity index (χ1n) is 15.3. The van der Waals surface area contributed by atoms with Crippen LogP contribution in [-0.4, -0.2) is 77.5 Å². The first-order valence-corrected chi connectivity index (χ1v) is 15.3. The van der Waals surface area contributed by atoms with E-state index in [1.54, 1.807) is 6.92 Å². The molecule has 3 rings (SSSR count). The van der Waals surface area contributed by atoms with E-state index in [2.05, 4.69) is 31.1 Å². The number of alkyl carbamates (subject to hydrolysis) is 2. The molecule has 2 amide bonds. The number of rotatable bonds is 16. The molecule has 6 unspecified atom stereocenters.